The van der Waals surface area contributed by atoms with E-state index < -0.39 is 0 Å². The predicted octanol–water partition coefficient (Wildman–Crippen LogP) is 1.81. The predicted molar refractivity (Wildman–Crippen MR) is 74.4 cm³/mol. The zero-order valence-corrected chi connectivity index (χ0v) is 12.6. The van der Waals surface area contributed by atoms with Crippen LogP contribution < -0.4 is 10.1 Å². The lowest BCUT2D eigenvalue weighted by atomic mass is 9.95. The highest BCUT2D eigenvalue weighted by atomic mass is 16.5. The average molecular weight is 267 g/mol. The molecule has 1 aromatic heterocycles. The average Bonchev–Trinajstić information content (AvgIpc) is 2.90. The first kappa shape index (κ1) is 14.3. The maximum Gasteiger partial charge on any atom is 0.217 e. The van der Waals surface area contributed by atoms with E-state index in [2.05, 4.69) is 24.3 Å². The highest BCUT2D eigenvalue weighted by molar-refractivity contribution is 5.34. The van der Waals surface area contributed by atoms with Crippen molar-refractivity contribution in [2.45, 2.75) is 39.3 Å². The van der Waals surface area contributed by atoms with Gasteiger partial charge < -0.3 is 14.8 Å². The molecule has 0 radical (unpaired) electrons. The molecule has 0 saturated carbocycles. The van der Waals surface area contributed by atoms with Crippen molar-refractivity contribution in [3.8, 4) is 5.88 Å². The van der Waals surface area contributed by atoms with Gasteiger partial charge in [0.05, 0.1) is 24.5 Å². The number of ether oxygens (including phenoxy) is 2. The lowest BCUT2D eigenvalue weighted by Crippen LogP contribution is -2.30. The highest BCUT2D eigenvalue weighted by Gasteiger charge is 2.34. The number of nitrogens with one attached hydrogen (secondary N) is 1. The van der Waals surface area contributed by atoms with E-state index in [1.165, 1.54) is 0 Å². The van der Waals surface area contributed by atoms with Gasteiger partial charge in [0, 0.05) is 32.2 Å². The van der Waals surface area contributed by atoms with Crippen LogP contribution in [0.15, 0.2) is 0 Å². The molecule has 5 nitrogen and oxygen atoms in total. The first-order chi connectivity index (χ1) is 9.04. The number of rotatable bonds is 5. The van der Waals surface area contributed by atoms with Gasteiger partial charge in [-0.3, -0.25) is 0 Å². The summed E-state index contributed by atoms with van der Waals surface area (Å²) >= 11 is 0. The summed E-state index contributed by atoms with van der Waals surface area (Å²) in [7, 11) is 3.60. The molecule has 0 spiro atoms. The number of nitrogens with zero attached hydrogens (tertiary/aromatic N) is 2. The van der Waals surface area contributed by atoms with Crippen molar-refractivity contribution in [2.24, 2.45) is 13.0 Å². The molecule has 1 saturated heterocycles. The fourth-order valence-electron chi connectivity index (χ4n) is 2.77. The van der Waals surface area contributed by atoms with Crippen LogP contribution >= 0.6 is 0 Å². The van der Waals surface area contributed by atoms with Gasteiger partial charge in [-0.25, -0.2) is 4.68 Å². The lowest BCUT2D eigenvalue weighted by Gasteiger charge is -2.21. The second kappa shape index (κ2) is 5.92. The fourth-order valence-corrected chi connectivity index (χ4v) is 2.77. The Balaban J connectivity index is 2.20. The minimum atomic E-state index is 0.0925. The van der Waals surface area contributed by atoms with Crippen LogP contribution in [-0.4, -0.2) is 36.1 Å². The Bertz CT molecular complexity index is 429. The molecule has 19 heavy (non-hydrogen) atoms. The Morgan fingerprint density at radius 1 is 1.53 bits per heavy atom. The second-order valence-corrected chi connectivity index (χ2v) is 5.54. The van der Waals surface area contributed by atoms with Crippen LogP contribution in [0.25, 0.3) is 0 Å². The number of aromatic nitrogens is 2. The van der Waals surface area contributed by atoms with Gasteiger partial charge in [-0.15, -0.1) is 0 Å². The topological polar surface area (TPSA) is 48.3 Å². The van der Waals surface area contributed by atoms with E-state index in [4.69, 9.17) is 9.47 Å². The SMILES string of the molecule is COc1c(C2OCCC2CNC(C)C)c(C)nn1C. The third-order valence-electron chi connectivity index (χ3n) is 3.69. The minimum absolute atomic E-state index is 0.0925. The van der Waals surface area contributed by atoms with Crippen molar-refractivity contribution < 1.29 is 9.47 Å². The molecule has 2 unspecified atom stereocenters. The molecule has 1 aliphatic heterocycles. The quantitative estimate of drug-likeness (QED) is 0.884. The summed E-state index contributed by atoms with van der Waals surface area (Å²) < 4.78 is 13.2. The second-order valence-electron chi connectivity index (χ2n) is 5.54. The van der Waals surface area contributed by atoms with Crippen LogP contribution in [0.1, 0.15) is 37.6 Å². The molecule has 2 rings (SSSR count). The number of hydrogen-bond donors (Lipinski definition) is 1. The standard InChI is InChI=1S/C14H25N3O2/c1-9(2)15-8-11-6-7-19-13(11)12-10(3)16-17(4)14(12)18-5/h9,11,13,15H,6-8H2,1-5H3. The first-order valence-electron chi connectivity index (χ1n) is 6.97. The molecule has 1 aliphatic rings. The van der Waals surface area contributed by atoms with Gasteiger partial charge in [-0.2, -0.15) is 5.10 Å². The number of methoxy groups -OCH3 is 1. The van der Waals surface area contributed by atoms with Gasteiger partial charge in [-0.1, -0.05) is 13.8 Å². The molecule has 2 atom stereocenters. The van der Waals surface area contributed by atoms with Crippen LogP contribution in [0.2, 0.25) is 0 Å². The summed E-state index contributed by atoms with van der Waals surface area (Å²) in [6, 6.07) is 0.498. The summed E-state index contributed by atoms with van der Waals surface area (Å²) in [5.74, 6) is 1.30. The smallest absolute Gasteiger partial charge is 0.217 e. The van der Waals surface area contributed by atoms with Crippen molar-refractivity contribution >= 4 is 0 Å². The third kappa shape index (κ3) is 2.92. The van der Waals surface area contributed by atoms with Gasteiger partial charge in [0.25, 0.3) is 0 Å². The van der Waals surface area contributed by atoms with Gasteiger partial charge in [0.1, 0.15) is 0 Å². The van der Waals surface area contributed by atoms with Crippen LogP contribution in [0.3, 0.4) is 0 Å². The van der Waals surface area contributed by atoms with Gasteiger partial charge in [0.2, 0.25) is 5.88 Å². The van der Waals surface area contributed by atoms with E-state index >= 15 is 0 Å². The van der Waals surface area contributed by atoms with E-state index in [9.17, 15) is 0 Å². The third-order valence-corrected chi connectivity index (χ3v) is 3.69. The molecule has 0 aromatic carbocycles. The van der Waals surface area contributed by atoms with Crippen molar-refractivity contribution in [1.82, 2.24) is 15.1 Å². The largest absolute Gasteiger partial charge is 0.481 e. The fraction of sp³-hybridized carbons (Fsp3) is 0.786. The van der Waals surface area contributed by atoms with E-state index in [0.717, 1.165) is 36.7 Å². The Morgan fingerprint density at radius 2 is 2.26 bits per heavy atom. The van der Waals surface area contributed by atoms with E-state index in [0.29, 0.717) is 12.0 Å². The van der Waals surface area contributed by atoms with Gasteiger partial charge >= 0.3 is 0 Å². The number of hydrogen-bond acceptors (Lipinski definition) is 4. The normalized spacial score (nSPS) is 23.3. The molecule has 108 valence electrons. The molecular weight excluding hydrogens is 242 g/mol. The summed E-state index contributed by atoms with van der Waals surface area (Å²) in [6.07, 6.45) is 1.18. The van der Waals surface area contributed by atoms with Crippen molar-refractivity contribution in [1.29, 1.82) is 0 Å². The molecule has 1 fully saturated rings. The zero-order valence-electron chi connectivity index (χ0n) is 12.6. The molecule has 1 N–H and O–H groups in total. The Morgan fingerprint density at radius 3 is 2.89 bits per heavy atom. The summed E-state index contributed by atoms with van der Waals surface area (Å²) in [5, 5.41) is 7.95. The van der Waals surface area contributed by atoms with Crippen molar-refractivity contribution in [3.63, 3.8) is 0 Å². The Kier molecular flexibility index (Phi) is 4.47. The maximum absolute atomic E-state index is 5.95. The highest BCUT2D eigenvalue weighted by Crippen LogP contribution is 2.40. The minimum Gasteiger partial charge on any atom is -0.481 e. The molecule has 2 heterocycles. The zero-order chi connectivity index (χ0) is 14.0. The van der Waals surface area contributed by atoms with Crippen molar-refractivity contribution in [3.05, 3.63) is 11.3 Å². The van der Waals surface area contributed by atoms with Crippen molar-refractivity contribution in [2.75, 3.05) is 20.3 Å². The van der Waals surface area contributed by atoms with E-state index in [-0.39, 0.29) is 6.10 Å². The van der Waals surface area contributed by atoms with Crippen LogP contribution in [-0.2, 0) is 11.8 Å². The van der Waals surface area contributed by atoms with E-state index in [1.54, 1.807) is 11.8 Å². The summed E-state index contributed by atoms with van der Waals surface area (Å²) in [6.45, 7) is 8.14. The summed E-state index contributed by atoms with van der Waals surface area (Å²) in [5.41, 5.74) is 2.11. The first-order valence-corrected chi connectivity index (χ1v) is 6.97. The number of aryl methyl sites for hydroxylation is 2. The molecule has 5 heteroatoms. The molecule has 0 amide bonds. The molecule has 1 aromatic rings. The van der Waals surface area contributed by atoms with Crippen LogP contribution in [0.4, 0.5) is 0 Å². The Hall–Kier alpha value is -1.07. The maximum atomic E-state index is 5.95. The van der Waals surface area contributed by atoms with E-state index in [1.807, 2.05) is 14.0 Å². The van der Waals surface area contributed by atoms with Crippen LogP contribution in [0.5, 0.6) is 5.88 Å². The summed E-state index contributed by atoms with van der Waals surface area (Å²) in [4.78, 5) is 0. The Labute approximate surface area is 115 Å². The molecule has 0 aliphatic carbocycles. The van der Waals surface area contributed by atoms with Crippen LogP contribution in [0, 0.1) is 12.8 Å². The monoisotopic (exact) mass is 267 g/mol. The van der Waals surface area contributed by atoms with Gasteiger partial charge in [0.15, 0.2) is 0 Å². The lowest BCUT2D eigenvalue weighted by molar-refractivity contribution is 0.0870. The molecular formula is C14H25N3O2. The van der Waals surface area contributed by atoms with Gasteiger partial charge in [-0.05, 0) is 13.3 Å². The molecule has 0 bridgehead atoms.